The van der Waals surface area contributed by atoms with Crippen molar-refractivity contribution < 1.29 is 9.66 Å². The van der Waals surface area contributed by atoms with E-state index >= 15 is 0 Å². The summed E-state index contributed by atoms with van der Waals surface area (Å²) in [4.78, 5) is 26.6. The van der Waals surface area contributed by atoms with E-state index in [4.69, 9.17) is 16.3 Å². The monoisotopic (exact) mass is 528 g/mol. The average Bonchev–Trinajstić information content (AvgIpc) is 3.25. The molecule has 5 rings (SSSR count). The van der Waals surface area contributed by atoms with Crippen molar-refractivity contribution in [3.63, 3.8) is 0 Å². The molecule has 0 radical (unpaired) electrons. The predicted molar refractivity (Wildman–Crippen MR) is 147 cm³/mol. The maximum absolute atomic E-state index is 11.9. The first-order chi connectivity index (χ1) is 18.3. The number of halogens is 1. The van der Waals surface area contributed by atoms with Gasteiger partial charge < -0.3 is 15.0 Å². The SMILES string of the molecule is CN1CC[C@](C)(C#Cc2cc3ncnc(Nc4ccc(OCc5ccccn5)c(Cl)c4)c3cc2[N+](=O)[O-])C1. The van der Waals surface area contributed by atoms with Gasteiger partial charge in [0.05, 0.1) is 21.2 Å². The molecule has 1 aliphatic heterocycles. The largest absolute Gasteiger partial charge is 0.486 e. The third kappa shape index (κ3) is 5.67. The summed E-state index contributed by atoms with van der Waals surface area (Å²) in [6.45, 7) is 4.15. The highest BCUT2D eigenvalue weighted by Gasteiger charge is 2.30. The van der Waals surface area contributed by atoms with E-state index in [-0.39, 0.29) is 17.7 Å². The van der Waals surface area contributed by atoms with Gasteiger partial charge in [-0.1, -0.05) is 29.5 Å². The highest BCUT2D eigenvalue weighted by Crippen LogP contribution is 2.33. The van der Waals surface area contributed by atoms with Crippen LogP contribution in [0.4, 0.5) is 17.2 Å². The summed E-state index contributed by atoms with van der Waals surface area (Å²) in [6.07, 6.45) is 4.03. The first-order valence-electron chi connectivity index (χ1n) is 12.0. The zero-order valence-corrected chi connectivity index (χ0v) is 21.7. The number of likely N-dealkylation sites (tertiary alicyclic amines) is 1. The second-order valence-electron chi connectivity index (χ2n) is 9.54. The molecular weight excluding hydrogens is 504 g/mol. The van der Waals surface area contributed by atoms with Crippen molar-refractivity contribution in [3.05, 3.63) is 87.4 Å². The van der Waals surface area contributed by atoms with Crippen molar-refractivity contribution >= 4 is 39.7 Å². The Balaban J connectivity index is 1.41. The highest BCUT2D eigenvalue weighted by atomic mass is 35.5. The minimum atomic E-state index is -0.423. The first kappa shape index (κ1) is 25.4. The molecule has 192 valence electrons. The lowest BCUT2D eigenvalue weighted by Gasteiger charge is -2.15. The molecule has 9 nitrogen and oxygen atoms in total. The highest BCUT2D eigenvalue weighted by molar-refractivity contribution is 6.32. The van der Waals surface area contributed by atoms with Crippen LogP contribution in [0.3, 0.4) is 0 Å². The molecule has 2 aromatic carbocycles. The number of hydrogen-bond donors (Lipinski definition) is 1. The maximum atomic E-state index is 11.9. The molecule has 38 heavy (non-hydrogen) atoms. The summed E-state index contributed by atoms with van der Waals surface area (Å²) < 4.78 is 5.79. The lowest BCUT2D eigenvalue weighted by molar-refractivity contribution is -0.385. The van der Waals surface area contributed by atoms with Gasteiger partial charge in [-0.05, 0) is 63.3 Å². The number of rotatable bonds is 6. The summed E-state index contributed by atoms with van der Waals surface area (Å²) in [6, 6.07) is 14.0. The van der Waals surface area contributed by atoms with Crippen molar-refractivity contribution in [3.8, 4) is 17.6 Å². The van der Waals surface area contributed by atoms with Gasteiger partial charge in [-0.3, -0.25) is 15.1 Å². The Bertz CT molecular complexity index is 1570. The van der Waals surface area contributed by atoms with E-state index in [2.05, 4.69) is 43.9 Å². The molecule has 0 aliphatic carbocycles. The Morgan fingerprint density at radius 2 is 2.08 bits per heavy atom. The summed E-state index contributed by atoms with van der Waals surface area (Å²) in [7, 11) is 2.05. The number of nitro groups is 1. The standard InChI is InChI=1S/C28H25ClN6O3/c1-28(10-12-34(2)17-28)9-8-19-13-24-22(15-25(19)35(36)37)27(32-18-31-24)33-20-6-7-26(23(29)14-20)38-16-21-5-3-4-11-30-21/h3-7,11,13-15,18H,10,12,16-17H2,1-2H3,(H,31,32,33)/t28-/m0/s1. The van der Waals surface area contributed by atoms with Gasteiger partial charge in [-0.2, -0.15) is 0 Å². The number of aromatic nitrogens is 3. The van der Waals surface area contributed by atoms with Crippen LogP contribution in [0.15, 0.2) is 61.1 Å². The molecule has 4 aromatic rings. The van der Waals surface area contributed by atoms with Gasteiger partial charge in [0.2, 0.25) is 0 Å². The summed E-state index contributed by atoms with van der Waals surface area (Å²) in [5.41, 5.74) is 2.02. The lowest BCUT2D eigenvalue weighted by atomic mass is 9.90. The summed E-state index contributed by atoms with van der Waals surface area (Å²) in [5.74, 6) is 7.25. The first-order valence-corrected chi connectivity index (χ1v) is 12.4. The van der Waals surface area contributed by atoms with E-state index < -0.39 is 4.92 Å². The number of nitrogens with zero attached hydrogens (tertiary/aromatic N) is 5. The molecule has 0 amide bonds. The van der Waals surface area contributed by atoms with E-state index in [0.717, 1.165) is 25.2 Å². The van der Waals surface area contributed by atoms with Crippen LogP contribution >= 0.6 is 11.6 Å². The minimum Gasteiger partial charge on any atom is -0.486 e. The third-order valence-electron chi connectivity index (χ3n) is 6.41. The normalized spacial score (nSPS) is 17.1. The fourth-order valence-corrected chi connectivity index (χ4v) is 4.66. The number of fused-ring (bicyclic) bond motifs is 1. The van der Waals surface area contributed by atoms with E-state index in [9.17, 15) is 10.1 Å². The van der Waals surface area contributed by atoms with E-state index in [1.165, 1.54) is 12.4 Å². The number of pyridine rings is 1. The van der Waals surface area contributed by atoms with Gasteiger partial charge >= 0.3 is 0 Å². The lowest BCUT2D eigenvalue weighted by Crippen LogP contribution is -2.20. The molecule has 1 aliphatic rings. The van der Waals surface area contributed by atoms with Crippen molar-refractivity contribution in [2.24, 2.45) is 5.41 Å². The van der Waals surface area contributed by atoms with Gasteiger partial charge in [0.25, 0.3) is 5.69 Å². The molecule has 3 heterocycles. The van der Waals surface area contributed by atoms with Crippen molar-refractivity contribution in [2.75, 3.05) is 25.5 Å². The molecular formula is C28H25ClN6O3. The number of nitrogens with one attached hydrogen (secondary N) is 1. The van der Waals surface area contributed by atoms with Crippen LogP contribution < -0.4 is 10.1 Å². The van der Waals surface area contributed by atoms with Gasteiger partial charge in [0, 0.05) is 35.3 Å². The molecule has 1 saturated heterocycles. The number of anilines is 2. The van der Waals surface area contributed by atoms with Crippen LogP contribution in [0.5, 0.6) is 5.75 Å². The molecule has 2 aromatic heterocycles. The van der Waals surface area contributed by atoms with E-state index in [1.807, 2.05) is 25.2 Å². The maximum Gasteiger partial charge on any atom is 0.285 e. The number of ether oxygens (including phenoxy) is 1. The van der Waals surface area contributed by atoms with Crippen molar-refractivity contribution in [2.45, 2.75) is 20.0 Å². The fraction of sp³-hybridized carbons (Fsp3) is 0.250. The quantitative estimate of drug-likeness (QED) is 0.196. The van der Waals surface area contributed by atoms with Crippen LogP contribution in [-0.4, -0.2) is 44.9 Å². The van der Waals surface area contributed by atoms with Crippen LogP contribution in [0.1, 0.15) is 24.6 Å². The van der Waals surface area contributed by atoms with Crippen LogP contribution in [0, 0.1) is 27.4 Å². The van der Waals surface area contributed by atoms with Crippen molar-refractivity contribution in [1.29, 1.82) is 0 Å². The Labute approximate surface area is 225 Å². The fourth-order valence-electron chi connectivity index (χ4n) is 4.42. The second kappa shape index (κ2) is 10.6. The van der Waals surface area contributed by atoms with Gasteiger partial charge in [-0.25, -0.2) is 9.97 Å². The van der Waals surface area contributed by atoms with E-state index in [1.54, 1.807) is 30.5 Å². The smallest absolute Gasteiger partial charge is 0.285 e. The second-order valence-corrected chi connectivity index (χ2v) is 9.95. The average molecular weight is 529 g/mol. The molecule has 1 N–H and O–H groups in total. The third-order valence-corrected chi connectivity index (χ3v) is 6.70. The summed E-state index contributed by atoms with van der Waals surface area (Å²) >= 11 is 6.45. The number of hydrogen-bond acceptors (Lipinski definition) is 8. The molecule has 0 bridgehead atoms. The summed E-state index contributed by atoms with van der Waals surface area (Å²) in [5, 5.41) is 16.0. The van der Waals surface area contributed by atoms with Gasteiger partial charge in [0.15, 0.2) is 0 Å². The van der Waals surface area contributed by atoms with Crippen LogP contribution in [0.2, 0.25) is 5.02 Å². The predicted octanol–water partition coefficient (Wildman–Crippen LogP) is 5.60. The molecule has 0 spiro atoms. The zero-order chi connectivity index (χ0) is 26.7. The Hall–Kier alpha value is -4.26. The molecule has 0 saturated carbocycles. The number of benzene rings is 2. The van der Waals surface area contributed by atoms with E-state index in [0.29, 0.717) is 38.7 Å². The Morgan fingerprint density at radius 3 is 2.79 bits per heavy atom. The minimum absolute atomic E-state index is 0.0888. The molecule has 10 heteroatoms. The molecule has 1 atom stereocenters. The van der Waals surface area contributed by atoms with Gasteiger partial charge in [-0.15, -0.1) is 0 Å². The zero-order valence-electron chi connectivity index (χ0n) is 20.9. The van der Waals surface area contributed by atoms with Gasteiger partial charge in [0.1, 0.15) is 30.1 Å². The molecule has 0 unspecified atom stereocenters. The topological polar surface area (TPSA) is 106 Å². The van der Waals surface area contributed by atoms with Crippen LogP contribution in [0.25, 0.3) is 10.9 Å². The Kier molecular flexibility index (Phi) is 7.09. The number of nitro benzene ring substituents is 1. The van der Waals surface area contributed by atoms with Crippen molar-refractivity contribution in [1.82, 2.24) is 19.9 Å². The van der Waals surface area contributed by atoms with Crippen LogP contribution in [-0.2, 0) is 6.61 Å². The molecule has 1 fully saturated rings. The Morgan fingerprint density at radius 1 is 1.21 bits per heavy atom.